The number of halogens is 3. The number of benzene rings is 1. The third kappa shape index (κ3) is 3.84. The first-order chi connectivity index (χ1) is 6.74. The monoisotopic (exact) mass is 280 g/mol. The normalized spacial score (nSPS) is 10.2. The molecule has 0 atom stereocenters. The molecule has 0 radical (unpaired) electrons. The van der Waals surface area contributed by atoms with Crippen LogP contribution in [0.4, 0.5) is 4.39 Å². The zero-order valence-corrected chi connectivity index (χ0v) is 9.94. The molecule has 78 valence electrons. The topological polar surface area (TPSA) is 9.23 Å². The first kappa shape index (κ1) is 11.8. The quantitative estimate of drug-likeness (QED) is 0.586. The Morgan fingerprint density at radius 3 is 2.79 bits per heavy atom. The summed E-state index contributed by atoms with van der Waals surface area (Å²) >= 11 is 8.68. The lowest BCUT2D eigenvalue weighted by Crippen LogP contribution is -1.99. The van der Waals surface area contributed by atoms with Crippen molar-refractivity contribution in [2.24, 2.45) is 0 Å². The van der Waals surface area contributed by atoms with Gasteiger partial charge in [-0.3, -0.25) is 0 Å². The minimum atomic E-state index is -0.342. The molecule has 4 heteroatoms. The van der Waals surface area contributed by atoms with Crippen molar-refractivity contribution in [3.63, 3.8) is 0 Å². The van der Waals surface area contributed by atoms with Crippen molar-refractivity contribution in [2.45, 2.75) is 12.8 Å². The average Bonchev–Trinajstić information content (AvgIpc) is 2.15. The fourth-order valence-electron chi connectivity index (χ4n) is 0.971. The molecule has 1 rings (SSSR count). The molecule has 0 aliphatic rings. The standard InChI is InChI=1S/C10H11BrClFO/c11-8-3-4-10(9(13)7-8)14-6-2-1-5-12/h3-4,7H,1-2,5-6H2. The second-order valence-corrected chi connectivity index (χ2v) is 4.11. The fraction of sp³-hybridized carbons (Fsp3) is 0.400. The third-order valence-electron chi connectivity index (χ3n) is 1.68. The van der Waals surface area contributed by atoms with Gasteiger partial charge in [-0.05, 0) is 31.0 Å². The maximum absolute atomic E-state index is 13.2. The first-order valence-corrected chi connectivity index (χ1v) is 5.70. The van der Waals surface area contributed by atoms with E-state index < -0.39 is 0 Å². The molecule has 0 unspecified atom stereocenters. The Balaban J connectivity index is 2.42. The predicted molar refractivity (Wildman–Crippen MR) is 59.5 cm³/mol. The van der Waals surface area contributed by atoms with Gasteiger partial charge < -0.3 is 4.74 Å². The molecule has 0 saturated heterocycles. The van der Waals surface area contributed by atoms with Crippen molar-refractivity contribution >= 4 is 27.5 Å². The highest BCUT2D eigenvalue weighted by molar-refractivity contribution is 9.10. The predicted octanol–water partition coefficient (Wildman–Crippen LogP) is 3.99. The van der Waals surface area contributed by atoms with E-state index in [4.69, 9.17) is 16.3 Å². The number of hydrogen-bond donors (Lipinski definition) is 0. The summed E-state index contributed by atoms with van der Waals surface area (Å²) in [6.07, 6.45) is 1.73. The van der Waals surface area contributed by atoms with Gasteiger partial charge in [0, 0.05) is 10.4 Å². The molecule has 0 fully saturated rings. The second-order valence-electron chi connectivity index (χ2n) is 2.82. The van der Waals surface area contributed by atoms with Gasteiger partial charge in [0.2, 0.25) is 0 Å². The van der Waals surface area contributed by atoms with Crippen molar-refractivity contribution in [3.8, 4) is 5.75 Å². The van der Waals surface area contributed by atoms with E-state index in [0.29, 0.717) is 22.7 Å². The SMILES string of the molecule is Fc1cc(Br)ccc1OCCCCCl. The zero-order chi connectivity index (χ0) is 10.4. The Labute approximate surface area is 96.3 Å². The van der Waals surface area contributed by atoms with E-state index in [1.165, 1.54) is 6.07 Å². The third-order valence-corrected chi connectivity index (χ3v) is 2.44. The first-order valence-electron chi connectivity index (χ1n) is 4.38. The summed E-state index contributed by atoms with van der Waals surface area (Å²) in [6, 6.07) is 4.75. The Morgan fingerprint density at radius 1 is 1.36 bits per heavy atom. The van der Waals surface area contributed by atoms with Crippen molar-refractivity contribution < 1.29 is 9.13 Å². The van der Waals surface area contributed by atoms with Crippen LogP contribution in [0.15, 0.2) is 22.7 Å². The van der Waals surface area contributed by atoms with Gasteiger partial charge in [-0.2, -0.15) is 0 Å². The maximum atomic E-state index is 13.2. The van der Waals surface area contributed by atoms with Crippen LogP contribution in [0, 0.1) is 5.82 Å². The van der Waals surface area contributed by atoms with Gasteiger partial charge in [-0.1, -0.05) is 15.9 Å². The largest absolute Gasteiger partial charge is 0.491 e. The molecule has 0 N–H and O–H groups in total. The lowest BCUT2D eigenvalue weighted by atomic mass is 10.3. The Morgan fingerprint density at radius 2 is 2.14 bits per heavy atom. The van der Waals surface area contributed by atoms with E-state index in [1.54, 1.807) is 12.1 Å². The number of hydrogen-bond acceptors (Lipinski definition) is 1. The summed E-state index contributed by atoms with van der Waals surface area (Å²) in [5.74, 6) is 0.569. The van der Waals surface area contributed by atoms with Gasteiger partial charge in [0.1, 0.15) is 0 Å². The van der Waals surface area contributed by atoms with Crippen LogP contribution in [0.2, 0.25) is 0 Å². The molecule has 0 aliphatic carbocycles. The summed E-state index contributed by atoms with van der Waals surface area (Å²) in [6.45, 7) is 0.505. The maximum Gasteiger partial charge on any atom is 0.166 e. The number of alkyl halides is 1. The second kappa shape index (κ2) is 6.25. The molecule has 14 heavy (non-hydrogen) atoms. The summed E-state index contributed by atoms with van der Waals surface area (Å²) in [7, 11) is 0. The molecule has 0 amide bonds. The van der Waals surface area contributed by atoms with Crippen LogP contribution in [0.3, 0.4) is 0 Å². The summed E-state index contributed by atoms with van der Waals surface area (Å²) in [5, 5.41) is 0. The van der Waals surface area contributed by atoms with Crippen LogP contribution in [0.25, 0.3) is 0 Å². The van der Waals surface area contributed by atoms with Gasteiger partial charge in [-0.25, -0.2) is 4.39 Å². The molecule has 1 aromatic carbocycles. The molecular weight excluding hydrogens is 270 g/mol. The molecule has 0 aliphatic heterocycles. The Kier molecular flexibility index (Phi) is 5.26. The molecule has 1 aromatic rings. The highest BCUT2D eigenvalue weighted by Gasteiger charge is 2.02. The minimum Gasteiger partial charge on any atom is -0.491 e. The van der Waals surface area contributed by atoms with Gasteiger partial charge in [0.05, 0.1) is 6.61 Å². The van der Waals surface area contributed by atoms with Crippen LogP contribution in [0.1, 0.15) is 12.8 Å². The van der Waals surface area contributed by atoms with E-state index in [2.05, 4.69) is 15.9 Å². The van der Waals surface area contributed by atoms with Gasteiger partial charge in [0.15, 0.2) is 11.6 Å². The van der Waals surface area contributed by atoms with E-state index in [9.17, 15) is 4.39 Å². The van der Waals surface area contributed by atoms with Crippen LogP contribution in [-0.2, 0) is 0 Å². The van der Waals surface area contributed by atoms with E-state index in [1.807, 2.05) is 0 Å². The molecule has 1 nitrogen and oxygen atoms in total. The molecule has 0 saturated carbocycles. The zero-order valence-electron chi connectivity index (χ0n) is 7.60. The Hall–Kier alpha value is -0.280. The molecule has 0 spiro atoms. The minimum absolute atomic E-state index is 0.294. The van der Waals surface area contributed by atoms with Crippen molar-refractivity contribution in [2.75, 3.05) is 12.5 Å². The van der Waals surface area contributed by atoms with Crippen molar-refractivity contribution in [3.05, 3.63) is 28.5 Å². The van der Waals surface area contributed by atoms with Crippen LogP contribution in [-0.4, -0.2) is 12.5 Å². The van der Waals surface area contributed by atoms with E-state index in [-0.39, 0.29) is 5.82 Å². The summed E-state index contributed by atoms with van der Waals surface area (Å²) in [5.41, 5.74) is 0. The molecule has 0 bridgehead atoms. The summed E-state index contributed by atoms with van der Waals surface area (Å²) in [4.78, 5) is 0. The fourth-order valence-corrected chi connectivity index (χ4v) is 1.49. The Bertz CT molecular complexity index is 293. The molecule has 0 heterocycles. The van der Waals surface area contributed by atoms with Crippen molar-refractivity contribution in [1.29, 1.82) is 0 Å². The lowest BCUT2D eigenvalue weighted by Gasteiger charge is -2.06. The average molecular weight is 282 g/mol. The lowest BCUT2D eigenvalue weighted by molar-refractivity contribution is 0.294. The number of unbranched alkanes of at least 4 members (excludes halogenated alkanes) is 1. The number of ether oxygens (including phenoxy) is 1. The van der Waals surface area contributed by atoms with E-state index in [0.717, 1.165) is 12.8 Å². The van der Waals surface area contributed by atoms with Crippen LogP contribution < -0.4 is 4.74 Å². The van der Waals surface area contributed by atoms with Gasteiger partial charge >= 0.3 is 0 Å². The van der Waals surface area contributed by atoms with Gasteiger partial charge in [0.25, 0.3) is 0 Å². The highest BCUT2D eigenvalue weighted by Crippen LogP contribution is 2.21. The summed E-state index contributed by atoms with van der Waals surface area (Å²) < 4.78 is 19.1. The number of rotatable bonds is 5. The van der Waals surface area contributed by atoms with Gasteiger partial charge in [-0.15, -0.1) is 11.6 Å². The molecule has 0 aromatic heterocycles. The van der Waals surface area contributed by atoms with Crippen LogP contribution >= 0.6 is 27.5 Å². The van der Waals surface area contributed by atoms with E-state index >= 15 is 0 Å². The smallest absolute Gasteiger partial charge is 0.166 e. The highest BCUT2D eigenvalue weighted by atomic mass is 79.9. The van der Waals surface area contributed by atoms with Crippen LogP contribution in [0.5, 0.6) is 5.75 Å². The molecular formula is C10H11BrClFO. The van der Waals surface area contributed by atoms with Crippen molar-refractivity contribution in [1.82, 2.24) is 0 Å².